The number of hydrogen-bond acceptors (Lipinski definition) is 3. The lowest BCUT2D eigenvalue weighted by Gasteiger charge is -2.20. The molecular formula is C38H15F3N6. The highest BCUT2D eigenvalue weighted by molar-refractivity contribution is 6.39. The summed E-state index contributed by atoms with van der Waals surface area (Å²) in [5.41, 5.74) is 4.01. The van der Waals surface area contributed by atoms with Crippen LogP contribution in [0.5, 0.6) is 0 Å². The molecular weight excluding hydrogens is 597 g/mol. The highest BCUT2D eigenvalue weighted by atomic mass is 19.4. The molecule has 0 atom stereocenters. The summed E-state index contributed by atoms with van der Waals surface area (Å²) >= 11 is 0. The zero-order valence-electron chi connectivity index (χ0n) is 24.2. The maximum absolute atomic E-state index is 13.6. The van der Waals surface area contributed by atoms with Crippen LogP contribution in [0.25, 0.3) is 59.1 Å². The molecule has 0 amide bonds. The van der Waals surface area contributed by atoms with E-state index in [0.717, 1.165) is 17.7 Å². The van der Waals surface area contributed by atoms with Crippen molar-refractivity contribution in [1.29, 1.82) is 15.8 Å². The number of benzene rings is 4. The van der Waals surface area contributed by atoms with Crippen molar-refractivity contribution in [1.82, 2.24) is 0 Å². The van der Waals surface area contributed by atoms with Crippen LogP contribution in [0.2, 0.25) is 0 Å². The molecule has 0 radical (unpaired) electrons. The van der Waals surface area contributed by atoms with Gasteiger partial charge in [-0.3, -0.25) is 0 Å². The Morgan fingerprint density at radius 2 is 1.17 bits per heavy atom. The topological polar surface area (TPSA) is 84.4 Å². The number of allylic oxidation sites excluding steroid dienone is 6. The van der Waals surface area contributed by atoms with Crippen molar-refractivity contribution in [2.24, 2.45) is 0 Å². The van der Waals surface area contributed by atoms with Gasteiger partial charge in [-0.25, -0.2) is 25.1 Å². The van der Waals surface area contributed by atoms with Crippen molar-refractivity contribution in [3.8, 4) is 40.5 Å². The van der Waals surface area contributed by atoms with Gasteiger partial charge in [0.25, 0.3) is 11.4 Å². The molecule has 0 aromatic heterocycles. The van der Waals surface area contributed by atoms with Gasteiger partial charge in [-0.05, 0) is 69.1 Å². The van der Waals surface area contributed by atoms with Gasteiger partial charge in [0.15, 0.2) is 5.69 Å². The minimum atomic E-state index is -4.69. The van der Waals surface area contributed by atoms with Gasteiger partial charge in [0, 0.05) is 16.7 Å². The Hall–Kier alpha value is -7.17. The molecule has 0 unspecified atom stereocenters. The first kappa shape index (κ1) is 29.9. The Labute approximate surface area is 267 Å². The first-order chi connectivity index (χ1) is 22.6. The van der Waals surface area contributed by atoms with E-state index in [1.54, 1.807) is 48.5 Å². The zero-order valence-corrected chi connectivity index (χ0v) is 24.2. The van der Waals surface area contributed by atoms with Crippen LogP contribution in [-0.4, -0.2) is 0 Å². The third kappa shape index (κ3) is 4.45. The Bertz CT molecular complexity index is 2440. The molecule has 47 heavy (non-hydrogen) atoms. The summed E-state index contributed by atoms with van der Waals surface area (Å²) in [4.78, 5) is 10.8. The van der Waals surface area contributed by atoms with Crippen LogP contribution in [0.15, 0.2) is 84.2 Å². The van der Waals surface area contributed by atoms with Crippen molar-refractivity contribution in [3.63, 3.8) is 0 Å². The van der Waals surface area contributed by atoms with Crippen molar-refractivity contribution in [2.75, 3.05) is 0 Å². The van der Waals surface area contributed by atoms with Gasteiger partial charge in [0.2, 0.25) is 0 Å². The third-order valence-corrected chi connectivity index (χ3v) is 8.15. The Kier molecular flexibility index (Phi) is 7.04. The fraction of sp³-hybridized carbons (Fsp3) is 0.0526. The van der Waals surface area contributed by atoms with Crippen molar-refractivity contribution >= 4 is 28.0 Å². The predicted molar refractivity (Wildman–Crippen MR) is 170 cm³/mol. The van der Waals surface area contributed by atoms with Gasteiger partial charge in [-0.1, -0.05) is 66.2 Å². The standard InChI is InChI=1S/C38H15F3N6/c1-20-11-13-24(29(15-20)45-2)26-8-6-10-28-33(26)37(31(19-44)47-4)34-27-9-5-7-25(32(27)36(35(28)34)30(18-43)46-3)23-14-12-22(38(39,40)41)16-21(23)17-42/h5-16H,1H3/b36-30-,37-31+. The smallest absolute Gasteiger partial charge is 0.238 e. The second kappa shape index (κ2) is 11.1. The second-order valence-corrected chi connectivity index (χ2v) is 10.6. The highest BCUT2D eigenvalue weighted by Gasteiger charge is 2.42. The summed E-state index contributed by atoms with van der Waals surface area (Å²) in [7, 11) is 0. The molecule has 4 aromatic rings. The zero-order chi connectivity index (χ0) is 33.6. The average Bonchev–Trinajstić information content (AvgIpc) is 3.59. The number of nitrogens with zero attached hydrogens (tertiary/aromatic N) is 6. The van der Waals surface area contributed by atoms with Crippen LogP contribution in [0.3, 0.4) is 0 Å². The van der Waals surface area contributed by atoms with E-state index in [2.05, 4.69) is 14.5 Å². The SMILES string of the molecule is [C-]#[N+]/C(C#N)=C1C2=C(/C(=C(\C#N)[N+]#[C-])c3c2cccc3-c2ccc(C)cc2[N+]#[C-])c2cccc(-c3ccc(C(F)(F)F)cc3C#N)c2\1. The Morgan fingerprint density at radius 1 is 0.660 bits per heavy atom. The molecule has 0 saturated carbocycles. The van der Waals surface area contributed by atoms with E-state index in [9.17, 15) is 29.0 Å². The maximum atomic E-state index is 13.6. The largest absolute Gasteiger partial charge is 0.416 e. The van der Waals surface area contributed by atoms with Crippen molar-refractivity contribution < 1.29 is 13.2 Å². The van der Waals surface area contributed by atoms with Crippen LogP contribution >= 0.6 is 0 Å². The molecule has 0 N–H and O–H groups in total. The highest BCUT2D eigenvalue weighted by Crippen LogP contribution is 2.62. The van der Waals surface area contributed by atoms with Gasteiger partial charge in [-0.15, -0.1) is 0 Å². The number of fused-ring (bicyclic) bond motifs is 4. The quantitative estimate of drug-likeness (QED) is 0.167. The fourth-order valence-corrected chi connectivity index (χ4v) is 6.30. The molecule has 2 aliphatic rings. The summed E-state index contributed by atoms with van der Waals surface area (Å²) in [6, 6.07) is 24.2. The average molecular weight is 613 g/mol. The van der Waals surface area contributed by atoms with Crippen LogP contribution in [0.4, 0.5) is 18.9 Å². The summed E-state index contributed by atoms with van der Waals surface area (Å²) in [6.07, 6.45) is -4.69. The minimum absolute atomic E-state index is 0.157. The second-order valence-electron chi connectivity index (χ2n) is 10.6. The van der Waals surface area contributed by atoms with E-state index < -0.39 is 11.7 Å². The van der Waals surface area contributed by atoms with Gasteiger partial charge in [-0.2, -0.15) is 18.4 Å². The van der Waals surface area contributed by atoms with E-state index in [4.69, 9.17) is 19.7 Å². The van der Waals surface area contributed by atoms with Crippen LogP contribution in [0.1, 0.15) is 38.9 Å². The molecule has 9 heteroatoms. The summed E-state index contributed by atoms with van der Waals surface area (Å²) in [6.45, 7) is 25.5. The molecule has 0 bridgehead atoms. The van der Waals surface area contributed by atoms with E-state index >= 15 is 0 Å². The lowest BCUT2D eigenvalue weighted by atomic mass is 9.83. The van der Waals surface area contributed by atoms with Crippen molar-refractivity contribution in [2.45, 2.75) is 13.1 Å². The van der Waals surface area contributed by atoms with E-state index in [0.29, 0.717) is 55.8 Å². The molecule has 0 spiro atoms. The number of hydrogen-bond donors (Lipinski definition) is 0. The molecule has 2 aliphatic carbocycles. The molecule has 6 rings (SSSR count). The normalized spacial score (nSPS) is 14.7. The fourth-order valence-electron chi connectivity index (χ4n) is 6.30. The van der Waals surface area contributed by atoms with E-state index in [1.807, 2.05) is 31.2 Å². The van der Waals surface area contributed by atoms with Crippen LogP contribution in [0, 0.1) is 60.6 Å². The van der Waals surface area contributed by atoms with Gasteiger partial charge in [0.05, 0.1) is 49.1 Å². The number of alkyl halides is 3. The molecule has 0 aliphatic heterocycles. The van der Waals surface area contributed by atoms with Crippen molar-refractivity contribution in [3.05, 3.63) is 157 Å². The molecule has 0 saturated heterocycles. The van der Waals surface area contributed by atoms with Gasteiger partial charge in [0.1, 0.15) is 0 Å². The van der Waals surface area contributed by atoms with Gasteiger partial charge >= 0.3 is 6.18 Å². The lowest BCUT2D eigenvalue weighted by Crippen LogP contribution is -2.06. The number of nitriles is 3. The molecule has 4 aromatic carbocycles. The monoisotopic (exact) mass is 612 g/mol. The molecule has 0 heterocycles. The van der Waals surface area contributed by atoms with Crippen LogP contribution < -0.4 is 0 Å². The summed E-state index contributed by atoms with van der Waals surface area (Å²) < 4.78 is 40.7. The molecule has 6 nitrogen and oxygen atoms in total. The van der Waals surface area contributed by atoms with E-state index in [1.165, 1.54) is 6.07 Å². The number of rotatable bonds is 2. The van der Waals surface area contributed by atoms with Gasteiger partial charge < -0.3 is 0 Å². The molecule has 0 fully saturated rings. The summed E-state index contributed by atoms with van der Waals surface area (Å²) in [5.74, 6) is 0. The first-order valence-electron chi connectivity index (χ1n) is 13.8. The Balaban J connectivity index is 1.75. The maximum Gasteiger partial charge on any atom is 0.416 e. The third-order valence-electron chi connectivity index (χ3n) is 8.15. The minimum Gasteiger partial charge on any atom is -0.238 e. The predicted octanol–water partition coefficient (Wildman–Crippen LogP) is 10.0. The van der Waals surface area contributed by atoms with Crippen LogP contribution in [-0.2, 0) is 6.18 Å². The lowest BCUT2D eigenvalue weighted by molar-refractivity contribution is -0.137. The first-order valence-corrected chi connectivity index (χ1v) is 13.8. The van der Waals surface area contributed by atoms with E-state index in [-0.39, 0.29) is 33.7 Å². The molecule has 218 valence electrons. The number of halogens is 3. The summed E-state index contributed by atoms with van der Waals surface area (Å²) in [5, 5.41) is 30.3. The number of aryl methyl sites for hydroxylation is 1. The Morgan fingerprint density at radius 3 is 1.64 bits per heavy atom.